The molecule has 1 aromatic carbocycles. The number of nitrogens with one attached hydrogen (secondary N) is 2. The van der Waals surface area contributed by atoms with E-state index in [0.717, 1.165) is 21.3 Å². The number of carbonyl (C=O) groups is 5. The van der Waals surface area contributed by atoms with Crippen LogP contribution in [0.15, 0.2) is 24.3 Å². The van der Waals surface area contributed by atoms with E-state index in [1.165, 1.54) is 26.0 Å². The number of carbonyl (C=O) groups excluding carboxylic acids is 5. The number of methoxy groups -OCH3 is 3. The predicted octanol–water partition coefficient (Wildman–Crippen LogP) is 0.515. The summed E-state index contributed by atoms with van der Waals surface area (Å²) >= 11 is 0. The van der Waals surface area contributed by atoms with Crippen molar-refractivity contribution in [2.45, 2.75) is 19.9 Å². The first-order valence-electron chi connectivity index (χ1n) is 8.58. The lowest BCUT2D eigenvalue weighted by Crippen LogP contribution is -2.51. The van der Waals surface area contributed by atoms with Gasteiger partial charge in [0.1, 0.15) is 6.04 Å². The van der Waals surface area contributed by atoms with Crippen LogP contribution >= 0.6 is 0 Å². The Morgan fingerprint density at radius 3 is 1.86 bits per heavy atom. The van der Waals surface area contributed by atoms with Gasteiger partial charge in [-0.3, -0.25) is 19.2 Å². The minimum absolute atomic E-state index is 0.0801. The molecule has 0 fully saturated rings. The van der Waals surface area contributed by atoms with Crippen molar-refractivity contribution in [1.29, 1.82) is 0 Å². The van der Waals surface area contributed by atoms with Crippen molar-refractivity contribution in [1.82, 2.24) is 5.32 Å². The largest absolute Gasteiger partial charge is 0.468 e. The quantitative estimate of drug-likeness (QED) is 0.361. The molecule has 2 N–H and O–H groups in total. The molecule has 0 spiro atoms. The molecule has 2 atom stereocenters. The number of para-hydroxylation sites is 1. The van der Waals surface area contributed by atoms with Crippen molar-refractivity contribution in [2.24, 2.45) is 11.8 Å². The maximum absolute atomic E-state index is 12.8. The van der Waals surface area contributed by atoms with Crippen LogP contribution in [-0.2, 0) is 33.4 Å². The van der Waals surface area contributed by atoms with Gasteiger partial charge in [-0.05, 0) is 12.1 Å². The molecule has 0 bridgehead atoms. The molecular formula is C19H24N2O8. The van der Waals surface area contributed by atoms with Gasteiger partial charge < -0.3 is 24.8 Å². The molecule has 2 amide bonds. The fraction of sp³-hybridized carbons (Fsp3) is 0.421. The average molecular weight is 408 g/mol. The summed E-state index contributed by atoms with van der Waals surface area (Å²) in [5.74, 6) is -6.36. The fourth-order valence-corrected chi connectivity index (χ4v) is 2.70. The van der Waals surface area contributed by atoms with E-state index in [4.69, 9.17) is 4.74 Å². The first-order chi connectivity index (χ1) is 13.7. The van der Waals surface area contributed by atoms with E-state index in [1.807, 2.05) is 0 Å². The van der Waals surface area contributed by atoms with E-state index in [9.17, 15) is 24.0 Å². The zero-order chi connectivity index (χ0) is 22.1. The molecule has 10 nitrogen and oxygen atoms in total. The van der Waals surface area contributed by atoms with Gasteiger partial charge in [0.15, 0.2) is 5.92 Å². The lowest BCUT2D eigenvalue weighted by Gasteiger charge is -2.27. The van der Waals surface area contributed by atoms with E-state index in [2.05, 4.69) is 20.1 Å². The van der Waals surface area contributed by atoms with Gasteiger partial charge in [-0.1, -0.05) is 19.1 Å². The normalized spacial score (nSPS) is 12.3. The topological polar surface area (TPSA) is 137 Å². The molecule has 29 heavy (non-hydrogen) atoms. The molecule has 10 heteroatoms. The molecule has 0 unspecified atom stereocenters. The van der Waals surface area contributed by atoms with Crippen LogP contribution in [0.3, 0.4) is 0 Å². The smallest absolute Gasteiger partial charge is 0.328 e. The SMILES string of the molecule is COC(=O)C(C(=O)OC)[C@H](C)[C@@H](NC(=O)c1ccccc1NC(C)=O)C(=O)OC. The van der Waals surface area contributed by atoms with Crippen LogP contribution in [0.1, 0.15) is 24.2 Å². The lowest BCUT2D eigenvalue weighted by atomic mass is 9.87. The number of esters is 3. The molecule has 0 saturated heterocycles. The highest BCUT2D eigenvalue weighted by atomic mass is 16.5. The monoisotopic (exact) mass is 408 g/mol. The van der Waals surface area contributed by atoms with E-state index in [-0.39, 0.29) is 17.2 Å². The Hall–Kier alpha value is -3.43. The number of anilines is 1. The summed E-state index contributed by atoms with van der Waals surface area (Å²) in [5.41, 5.74) is 0.308. The van der Waals surface area contributed by atoms with Gasteiger partial charge in [-0.15, -0.1) is 0 Å². The van der Waals surface area contributed by atoms with Gasteiger partial charge in [0.05, 0.1) is 32.6 Å². The van der Waals surface area contributed by atoms with Crippen molar-refractivity contribution >= 4 is 35.4 Å². The zero-order valence-electron chi connectivity index (χ0n) is 16.8. The summed E-state index contributed by atoms with van der Waals surface area (Å²) in [6.07, 6.45) is 0. The maximum atomic E-state index is 12.8. The Morgan fingerprint density at radius 1 is 0.862 bits per heavy atom. The summed E-state index contributed by atoms with van der Waals surface area (Å²) in [6.45, 7) is 2.69. The maximum Gasteiger partial charge on any atom is 0.328 e. The molecule has 0 aliphatic rings. The van der Waals surface area contributed by atoms with Crippen molar-refractivity contribution < 1.29 is 38.2 Å². The molecule has 158 valence electrons. The minimum atomic E-state index is -1.47. The number of benzene rings is 1. The van der Waals surface area contributed by atoms with Crippen LogP contribution < -0.4 is 10.6 Å². The second kappa shape index (κ2) is 10.8. The number of hydrogen-bond acceptors (Lipinski definition) is 8. The summed E-state index contributed by atoms with van der Waals surface area (Å²) < 4.78 is 14.0. The van der Waals surface area contributed by atoms with Crippen molar-refractivity contribution in [3.05, 3.63) is 29.8 Å². The number of ether oxygens (including phenoxy) is 3. The summed E-state index contributed by atoms with van der Waals surface area (Å²) in [6, 6.07) is 4.77. The van der Waals surface area contributed by atoms with Crippen LogP contribution in [0.4, 0.5) is 5.69 Å². The van der Waals surface area contributed by atoms with Gasteiger partial charge in [-0.2, -0.15) is 0 Å². The van der Waals surface area contributed by atoms with Crippen LogP contribution in [-0.4, -0.2) is 57.1 Å². The predicted molar refractivity (Wildman–Crippen MR) is 101 cm³/mol. The third-order valence-electron chi connectivity index (χ3n) is 4.19. The van der Waals surface area contributed by atoms with Crippen LogP contribution in [0.2, 0.25) is 0 Å². The first kappa shape index (κ1) is 23.6. The molecular weight excluding hydrogens is 384 g/mol. The number of hydrogen-bond donors (Lipinski definition) is 2. The number of rotatable bonds is 8. The summed E-state index contributed by atoms with van der Waals surface area (Å²) in [5, 5.41) is 4.97. The van der Waals surface area contributed by atoms with Gasteiger partial charge in [0.2, 0.25) is 5.91 Å². The van der Waals surface area contributed by atoms with Crippen molar-refractivity contribution in [2.75, 3.05) is 26.6 Å². The number of amides is 2. The van der Waals surface area contributed by atoms with Gasteiger partial charge in [0.25, 0.3) is 5.91 Å². The first-order valence-corrected chi connectivity index (χ1v) is 8.58. The molecule has 0 saturated carbocycles. The fourth-order valence-electron chi connectivity index (χ4n) is 2.70. The Labute approximate surface area is 167 Å². The second-order valence-electron chi connectivity index (χ2n) is 6.08. The molecule has 0 aliphatic heterocycles. The van der Waals surface area contributed by atoms with E-state index in [0.29, 0.717) is 0 Å². The van der Waals surface area contributed by atoms with Gasteiger partial charge >= 0.3 is 17.9 Å². The van der Waals surface area contributed by atoms with Crippen LogP contribution in [0, 0.1) is 11.8 Å². The molecule has 0 heterocycles. The van der Waals surface area contributed by atoms with Crippen LogP contribution in [0.5, 0.6) is 0 Å². The lowest BCUT2D eigenvalue weighted by molar-refractivity contribution is -0.163. The average Bonchev–Trinajstić information content (AvgIpc) is 2.70. The van der Waals surface area contributed by atoms with E-state index >= 15 is 0 Å². The van der Waals surface area contributed by atoms with Crippen molar-refractivity contribution in [3.63, 3.8) is 0 Å². The highest BCUT2D eigenvalue weighted by molar-refractivity contribution is 6.05. The Kier molecular flexibility index (Phi) is 8.78. The standard InChI is InChI=1S/C19H24N2O8/c1-10(14(17(24)27-3)18(25)28-4)15(19(26)29-5)21-16(23)12-8-6-7-9-13(12)20-11(2)22/h6-10,14-15H,1-5H3,(H,20,22)(H,21,23)/t10-,15+/m0/s1. The minimum Gasteiger partial charge on any atom is -0.468 e. The molecule has 1 aromatic rings. The van der Waals surface area contributed by atoms with Gasteiger partial charge in [-0.25, -0.2) is 4.79 Å². The zero-order valence-corrected chi connectivity index (χ0v) is 16.8. The molecule has 0 aliphatic carbocycles. The van der Waals surface area contributed by atoms with Crippen LogP contribution in [0.25, 0.3) is 0 Å². The van der Waals surface area contributed by atoms with E-state index in [1.54, 1.807) is 12.1 Å². The summed E-state index contributed by atoms with van der Waals surface area (Å²) in [4.78, 5) is 60.6. The van der Waals surface area contributed by atoms with E-state index < -0.39 is 41.7 Å². The molecule has 0 radical (unpaired) electrons. The third kappa shape index (κ3) is 6.03. The Balaban J connectivity index is 3.25. The summed E-state index contributed by atoms with van der Waals surface area (Å²) in [7, 11) is 3.27. The highest BCUT2D eigenvalue weighted by Crippen LogP contribution is 2.22. The second-order valence-corrected chi connectivity index (χ2v) is 6.08. The molecule has 0 aromatic heterocycles. The highest BCUT2D eigenvalue weighted by Gasteiger charge is 2.42. The Bertz CT molecular complexity index is 776. The van der Waals surface area contributed by atoms with Crippen molar-refractivity contribution in [3.8, 4) is 0 Å². The molecule has 1 rings (SSSR count). The third-order valence-corrected chi connectivity index (χ3v) is 4.19. The Morgan fingerprint density at radius 2 is 1.38 bits per heavy atom. The van der Waals surface area contributed by atoms with Gasteiger partial charge in [0, 0.05) is 12.8 Å².